The number of carbonyl (C=O) groups excluding carboxylic acids is 1. The molecule has 0 aliphatic carbocycles. The summed E-state index contributed by atoms with van der Waals surface area (Å²) in [5.74, 6) is 0.757. The Kier molecular flexibility index (Phi) is 5.63. The number of pyridine rings is 1. The second-order valence-electron chi connectivity index (χ2n) is 6.10. The molecule has 27 heavy (non-hydrogen) atoms. The van der Waals surface area contributed by atoms with Gasteiger partial charge in [0.2, 0.25) is 5.91 Å². The van der Waals surface area contributed by atoms with Crippen LogP contribution in [-0.4, -0.2) is 23.8 Å². The van der Waals surface area contributed by atoms with Gasteiger partial charge in [-0.25, -0.2) is 4.98 Å². The molecule has 0 aliphatic heterocycles. The topological polar surface area (TPSA) is 75.0 Å². The zero-order valence-corrected chi connectivity index (χ0v) is 16.2. The van der Waals surface area contributed by atoms with Crippen LogP contribution < -0.4 is 10.1 Å². The van der Waals surface area contributed by atoms with E-state index >= 15 is 0 Å². The van der Waals surface area contributed by atoms with Gasteiger partial charge in [-0.05, 0) is 55.3 Å². The number of methoxy groups -OCH3 is 1. The normalized spacial score (nSPS) is 10.4. The van der Waals surface area contributed by atoms with Crippen LogP contribution in [0.3, 0.4) is 0 Å². The minimum absolute atomic E-state index is 0.130. The van der Waals surface area contributed by atoms with Crippen LogP contribution in [-0.2, 0) is 4.79 Å². The number of anilines is 1. The Hall–Kier alpha value is -3.04. The van der Waals surface area contributed by atoms with Crippen molar-refractivity contribution in [1.29, 1.82) is 5.26 Å². The van der Waals surface area contributed by atoms with E-state index in [1.165, 1.54) is 11.8 Å². The fraction of sp³-hybridized carbons (Fsp3) is 0.190. The smallest absolute Gasteiger partial charge is 0.234 e. The van der Waals surface area contributed by atoms with E-state index in [1.54, 1.807) is 13.2 Å². The summed E-state index contributed by atoms with van der Waals surface area (Å²) in [6.07, 6.45) is 0. The lowest BCUT2D eigenvalue weighted by Crippen LogP contribution is -2.15. The average Bonchev–Trinajstić information content (AvgIpc) is 2.68. The van der Waals surface area contributed by atoms with E-state index < -0.39 is 0 Å². The minimum Gasteiger partial charge on any atom is -0.497 e. The largest absolute Gasteiger partial charge is 0.497 e. The third-order valence-corrected chi connectivity index (χ3v) is 5.32. The molecule has 3 aromatic rings. The SMILES string of the molecule is COc1ccc2nc(SCC(=O)Nc3cccc(C)c3C)c(C#N)cc2c1. The maximum Gasteiger partial charge on any atom is 0.234 e. The molecular weight excluding hydrogens is 358 g/mol. The number of nitrogens with one attached hydrogen (secondary N) is 1. The predicted octanol–water partition coefficient (Wildman–Crippen LogP) is 4.46. The molecule has 3 rings (SSSR count). The molecule has 136 valence electrons. The summed E-state index contributed by atoms with van der Waals surface area (Å²) in [6, 6.07) is 15.2. The highest BCUT2D eigenvalue weighted by molar-refractivity contribution is 8.00. The van der Waals surface area contributed by atoms with E-state index in [9.17, 15) is 10.1 Å². The van der Waals surface area contributed by atoms with Crippen LogP contribution in [0.15, 0.2) is 47.5 Å². The number of nitriles is 1. The lowest BCUT2D eigenvalue weighted by Gasteiger charge is -2.10. The Morgan fingerprint density at radius 1 is 1.26 bits per heavy atom. The summed E-state index contributed by atoms with van der Waals surface area (Å²) < 4.78 is 5.21. The molecule has 0 saturated heterocycles. The Labute approximate surface area is 162 Å². The van der Waals surface area contributed by atoms with Crippen molar-refractivity contribution in [2.75, 3.05) is 18.2 Å². The number of hydrogen-bond acceptors (Lipinski definition) is 5. The maximum atomic E-state index is 12.3. The highest BCUT2D eigenvalue weighted by Gasteiger charge is 2.12. The monoisotopic (exact) mass is 377 g/mol. The third kappa shape index (κ3) is 4.21. The van der Waals surface area contributed by atoms with Gasteiger partial charge in [-0.1, -0.05) is 23.9 Å². The summed E-state index contributed by atoms with van der Waals surface area (Å²) >= 11 is 1.26. The number of hydrogen-bond donors (Lipinski definition) is 1. The van der Waals surface area contributed by atoms with E-state index in [0.29, 0.717) is 16.3 Å². The van der Waals surface area contributed by atoms with Gasteiger partial charge in [-0.15, -0.1) is 0 Å². The summed E-state index contributed by atoms with van der Waals surface area (Å²) in [5, 5.41) is 13.7. The second-order valence-corrected chi connectivity index (χ2v) is 7.06. The summed E-state index contributed by atoms with van der Waals surface area (Å²) in [4.78, 5) is 16.9. The van der Waals surface area contributed by atoms with Gasteiger partial charge in [-0.3, -0.25) is 4.79 Å². The first-order chi connectivity index (χ1) is 13.0. The predicted molar refractivity (Wildman–Crippen MR) is 108 cm³/mol. The van der Waals surface area contributed by atoms with Crippen molar-refractivity contribution in [3.63, 3.8) is 0 Å². The zero-order valence-electron chi connectivity index (χ0n) is 15.4. The van der Waals surface area contributed by atoms with Crippen molar-refractivity contribution in [3.8, 4) is 11.8 Å². The van der Waals surface area contributed by atoms with Crippen LogP contribution in [0.5, 0.6) is 5.75 Å². The molecule has 5 nitrogen and oxygen atoms in total. The van der Waals surface area contributed by atoms with Crippen LogP contribution in [0.1, 0.15) is 16.7 Å². The van der Waals surface area contributed by atoms with Gasteiger partial charge in [0.25, 0.3) is 0 Å². The highest BCUT2D eigenvalue weighted by atomic mass is 32.2. The maximum absolute atomic E-state index is 12.3. The third-order valence-electron chi connectivity index (χ3n) is 4.33. The van der Waals surface area contributed by atoms with Gasteiger partial charge in [0.05, 0.1) is 23.9 Å². The lowest BCUT2D eigenvalue weighted by atomic mass is 10.1. The van der Waals surface area contributed by atoms with Gasteiger partial charge in [-0.2, -0.15) is 5.26 Å². The van der Waals surface area contributed by atoms with Gasteiger partial charge in [0.1, 0.15) is 16.8 Å². The van der Waals surface area contributed by atoms with Crippen LogP contribution in [0.2, 0.25) is 0 Å². The number of rotatable bonds is 5. The van der Waals surface area contributed by atoms with Crippen molar-refractivity contribution in [2.24, 2.45) is 0 Å². The van der Waals surface area contributed by atoms with Crippen molar-refractivity contribution in [1.82, 2.24) is 4.98 Å². The molecule has 1 amide bonds. The van der Waals surface area contributed by atoms with Crippen LogP contribution >= 0.6 is 11.8 Å². The van der Waals surface area contributed by atoms with Crippen molar-refractivity contribution < 1.29 is 9.53 Å². The number of aromatic nitrogens is 1. The fourth-order valence-electron chi connectivity index (χ4n) is 2.66. The first-order valence-electron chi connectivity index (χ1n) is 8.39. The number of benzene rings is 2. The highest BCUT2D eigenvalue weighted by Crippen LogP contribution is 2.27. The Bertz CT molecular complexity index is 1060. The van der Waals surface area contributed by atoms with E-state index in [1.807, 2.05) is 50.2 Å². The molecule has 1 aromatic heterocycles. The first kappa shape index (κ1) is 18.7. The standard InChI is InChI=1S/C21H19N3O2S/c1-13-5-4-6-18(14(13)2)23-20(25)12-27-21-16(11-22)9-15-10-17(26-3)7-8-19(15)24-21/h4-10H,12H2,1-3H3,(H,23,25). The molecule has 0 unspecified atom stereocenters. The van der Waals surface area contributed by atoms with E-state index in [4.69, 9.17) is 4.74 Å². The molecule has 1 N–H and O–H groups in total. The van der Waals surface area contributed by atoms with Gasteiger partial charge < -0.3 is 10.1 Å². The molecule has 6 heteroatoms. The van der Waals surface area contributed by atoms with Gasteiger partial charge in [0.15, 0.2) is 0 Å². The van der Waals surface area contributed by atoms with Gasteiger partial charge >= 0.3 is 0 Å². The van der Waals surface area contributed by atoms with E-state index in [2.05, 4.69) is 16.4 Å². The second kappa shape index (κ2) is 8.11. The molecule has 2 aromatic carbocycles. The molecule has 0 spiro atoms. The lowest BCUT2D eigenvalue weighted by molar-refractivity contribution is -0.113. The summed E-state index contributed by atoms with van der Waals surface area (Å²) in [6.45, 7) is 3.98. The number of thioether (sulfide) groups is 1. The molecule has 0 aliphatic rings. The van der Waals surface area contributed by atoms with Crippen molar-refractivity contribution in [3.05, 3.63) is 59.2 Å². The Balaban J connectivity index is 1.77. The van der Waals surface area contributed by atoms with Crippen molar-refractivity contribution >= 4 is 34.3 Å². The number of carbonyl (C=O) groups is 1. The number of amides is 1. The summed E-state index contributed by atoms with van der Waals surface area (Å²) in [7, 11) is 1.60. The Morgan fingerprint density at radius 3 is 2.81 bits per heavy atom. The molecular formula is C21H19N3O2S. The van der Waals surface area contributed by atoms with E-state index in [-0.39, 0.29) is 11.7 Å². The first-order valence-corrected chi connectivity index (χ1v) is 9.38. The van der Waals surface area contributed by atoms with E-state index in [0.717, 1.165) is 27.7 Å². The molecule has 0 radical (unpaired) electrons. The zero-order chi connectivity index (χ0) is 19.4. The molecule has 0 atom stereocenters. The number of nitrogens with zero attached hydrogens (tertiary/aromatic N) is 2. The van der Waals surface area contributed by atoms with Crippen LogP contribution in [0.25, 0.3) is 10.9 Å². The molecule has 0 bridgehead atoms. The Morgan fingerprint density at radius 2 is 2.07 bits per heavy atom. The number of fused-ring (bicyclic) bond motifs is 1. The number of aryl methyl sites for hydroxylation is 1. The average molecular weight is 377 g/mol. The quantitative estimate of drug-likeness (QED) is 0.664. The van der Waals surface area contributed by atoms with Crippen LogP contribution in [0.4, 0.5) is 5.69 Å². The molecule has 1 heterocycles. The van der Waals surface area contributed by atoms with Crippen molar-refractivity contribution in [2.45, 2.75) is 18.9 Å². The molecule has 0 fully saturated rings. The summed E-state index contributed by atoms with van der Waals surface area (Å²) in [5.41, 5.74) is 4.18. The molecule has 0 saturated carbocycles. The van der Waals surface area contributed by atoms with Crippen LogP contribution in [0, 0.1) is 25.2 Å². The minimum atomic E-state index is -0.130. The van der Waals surface area contributed by atoms with Gasteiger partial charge in [0, 0.05) is 11.1 Å². The number of ether oxygens (including phenoxy) is 1. The fourth-order valence-corrected chi connectivity index (χ4v) is 3.42.